The maximum absolute atomic E-state index is 10.5. The number of nitrogens with two attached hydrogens (primary N) is 2. The van der Waals surface area contributed by atoms with Crippen LogP contribution in [0.5, 0.6) is 0 Å². The summed E-state index contributed by atoms with van der Waals surface area (Å²) in [5.74, 6) is -1.71. The standard InChI is InChI=1S/C8H18N2O2/c1-3-4-5-6-8(9,10)12-7(2)11/h3-6,9-10H2,1-2H3. The van der Waals surface area contributed by atoms with Crippen LogP contribution >= 0.6 is 0 Å². The van der Waals surface area contributed by atoms with Crippen LogP contribution in [-0.2, 0) is 9.53 Å². The molecule has 0 radical (unpaired) electrons. The summed E-state index contributed by atoms with van der Waals surface area (Å²) in [5.41, 5.74) is 11.0. The molecule has 0 aromatic heterocycles. The van der Waals surface area contributed by atoms with Gasteiger partial charge < -0.3 is 4.74 Å². The molecule has 0 spiro atoms. The maximum Gasteiger partial charge on any atom is 0.305 e. The van der Waals surface area contributed by atoms with E-state index in [0.717, 1.165) is 19.3 Å². The molecule has 0 rings (SSSR count). The van der Waals surface area contributed by atoms with E-state index in [-0.39, 0.29) is 0 Å². The van der Waals surface area contributed by atoms with Gasteiger partial charge in [0.1, 0.15) is 0 Å². The molecule has 0 saturated heterocycles. The maximum atomic E-state index is 10.5. The Morgan fingerprint density at radius 2 is 2.00 bits per heavy atom. The van der Waals surface area contributed by atoms with E-state index in [1.54, 1.807) is 0 Å². The van der Waals surface area contributed by atoms with Gasteiger partial charge >= 0.3 is 5.97 Å². The highest BCUT2D eigenvalue weighted by Crippen LogP contribution is 2.08. The molecule has 4 N–H and O–H groups in total. The Balaban J connectivity index is 3.63. The molecule has 4 heteroatoms. The van der Waals surface area contributed by atoms with Gasteiger partial charge in [-0.05, 0) is 6.42 Å². The summed E-state index contributed by atoms with van der Waals surface area (Å²) < 4.78 is 4.70. The monoisotopic (exact) mass is 174 g/mol. The molecule has 0 aliphatic rings. The molecule has 0 aromatic carbocycles. The number of rotatable bonds is 5. The van der Waals surface area contributed by atoms with Gasteiger partial charge in [-0.1, -0.05) is 19.8 Å². The lowest BCUT2D eigenvalue weighted by atomic mass is 10.1. The second kappa shape index (κ2) is 5.11. The second-order valence-electron chi connectivity index (χ2n) is 3.01. The molecule has 0 bridgehead atoms. The average molecular weight is 174 g/mol. The van der Waals surface area contributed by atoms with Gasteiger partial charge in [0.2, 0.25) is 5.85 Å². The predicted octanol–water partition coefficient (Wildman–Crippen LogP) is 0.701. The number of hydrogen-bond donors (Lipinski definition) is 2. The highest BCUT2D eigenvalue weighted by molar-refractivity contribution is 5.66. The van der Waals surface area contributed by atoms with E-state index in [2.05, 4.69) is 6.92 Å². The number of carbonyl (C=O) groups excluding carboxylic acids is 1. The number of esters is 1. The van der Waals surface area contributed by atoms with Crippen molar-refractivity contribution in [2.45, 2.75) is 45.4 Å². The number of unbranched alkanes of at least 4 members (excludes halogenated alkanes) is 2. The van der Waals surface area contributed by atoms with Gasteiger partial charge in [0.25, 0.3) is 0 Å². The van der Waals surface area contributed by atoms with Crippen LogP contribution in [0.1, 0.15) is 39.5 Å². The van der Waals surface area contributed by atoms with Crippen molar-refractivity contribution in [1.29, 1.82) is 0 Å². The minimum absolute atomic E-state index is 0.434. The fraction of sp³-hybridized carbons (Fsp3) is 0.875. The summed E-state index contributed by atoms with van der Waals surface area (Å²) in [5, 5.41) is 0. The van der Waals surface area contributed by atoms with Crippen molar-refractivity contribution in [1.82, 2.24) is 0 Å². The van der Waals surface area contributed by atoms with Crippen molar-refractivity contribution in [3.63, 3.8) is 0 Å². The number of carbonyl (C=O) groups is 1. The average Bonchev–Trinajstić information content (AvgIpc) is 1.84. The third kappa shape index (κ3) is 6.12. The minimum atomic E-state index is -1.28. The number of ether oxygens (including phenoxy) is 1. The Morgan fingerprint density at radius 1 is 1.42 bits per heavy atom. The molecule has 4 nitrogen and oxygen atoms in total. The molecular weight excluding hydrogens is 156 g/mol. The van der Waals surface area contributed by atoms with Crippen molar-refractivity contribution in [3.8, 4) is 0 Å². The molecule has 0 saturated carbocycles. The van der Waals surface area contributed by atoms with E-state index in [1.807, 2.05) is 0 Å². The topological polar surface area (TPSA) is 78.3 Å². The lowest BCUT2D eigenvalue weighted by molar-refractivity contribution is -0.156. The zero-order chi connectivity index (χ0) is 9.61. The van der Waals surface area contributed by atoms with Crippen LogP contribution in [0.15, 0.2) is 0 Å². The fourth-order valence-electron chi connectivity index (χ4n) is 0.970. The van der Waals surface area contributed by atoms with E-state index < -0.39 is 11.8 Å². The summed E-state index contributed by atoms with van der Waals surface area (Å²) in [7, 11) is 0. The van der Waals surface area contributed by atoms with Crippen LogP contribution in [-0.4, -0.2) is 11.8 Å². The smallest absolute Gasteiger partial charge is 0.305 e. The minimum Gasteiger partial charge on any atom is -0.431 e. The molecule has 0 aliphatic heterocycles. The molecule has 0 aromatic rings. The van der Waals surface area contributed by atoms with E-state index in [4.69, 9.17) is 16.2 Å². The summed E-state index contributed by atoms with van der Waals surface area (Å²) in [6, 6.07) is 0. The van der Waals surface area contributed by atoms with E-state index in [1.165, 1.54) is 6.92 Å². The first-order chi connectivity index (χ1) is 5.48. The molecule has 12 heavy (non-hydrogen) atoms. The zero-order valence-electron chi connectivity index (χ0n) is 7.80. The van der Waals surface area contributed by atoms with Crippen LogP contribution in [0.2, 0.25) is 0 Å². The lowest BCUT2D eigenvalue weighted by Gasteiger charge is -2.23. The van der Waals surface area contributed by atoms with Crippen molar-refractivity contribution in [2.24, 2.45) is 11.5 Å². The Kier molecular flexibility index (Phi) is 4.85. The van der Waals surface area contributed by atoms with Gasteiger partial charge in [-0.25, -0.2) is 0 Å². The molecule has 72 valence electrons. The van der Waals surface area contributed by atoms with E-state index in [0.29, 0.717) is 6.42 Å². The Hall–Kier alpha value is -0.610. The van der Waals surface area contributed by atoms with Crippen molar-refractivity contribution >= 4 is 5.97 Å². The van der Waals surface area contributed by atoms with Gasteiger partial charge in [0.15, 0.2) is 0 Å². The van der Waals surface area contributed by atoms with Gasteiger partial charge in [-0.15, -0.1) is 0 Å². The van der Waals surface area contributed by atoms with Crippen LogP contribution in [0.4, 0.5) is 0 Å². The van der Waals surface area contributed by atoms with Crippen molar-refractivity contribution < 1.29 is 9.53 Å². The van der Waals surface area contributed by atoms with Crippen LogP contribution in [0.25, 0.3) is 0 Å². The fourth-order valence-corrected chi connectivity index (χ4v) is 0.970. The van der Waals surface area contributed by atoms with Crippen molar-refractivity contribution in [2.75, 3.05) is 0 Å². The molecule has 0 aliphatic carbocycles. The largest absolute Gasteiger partial charge is 0.431 e. The highest BCUT2D eigenvalue weighted by Gasteiger charge is 2.21. The van der Waals surface area contributed by atoms with Gasteiger partial charge in [0.05, 0.1) is 0 Å². The molecular formula is C8H18N2O2. The Morgan fingerprint density at radius 3 is 2.42 bits per heavy atom. The van der Waals surface area contributed by atoms with E-state index >= 15 is 0 Å². The first kappa shape index (κ1) is 11.4. The Labute approximate surface area is 73.2 Å². The first-order valence-corrected chi connectivity index (χ1v) is 4.25. The molecule has 0 unspecified atom stereocenters. The zero-order valence-corrected chi connectivity index (χ0v) is 7.80. The molecule has 0 heterocycles. The lowest BCUT2D eigenvalue weighted by Crippen LogP contribution is -2.52. The van der Waals surface area contributed by atoms with Gasteiger partial charge in [-0.2, -0.15) is 0 Å². The van der Waals surface area contributed by atoms with Crippen LogP contribution in [0.3, 0.4) is 0 Å². The quantitative estimate of drug-likeness (QED) is 0.365. The van der Waals surface area contributed by atoms with Gasteiger partial charge in [0, 0.05) is 13.3 Å². The van der Waals surface area contributed by atoms with Crippen LogP contribution in [0, 0.1) is 0 Å². The van der Waals surface area contributed by atoms with E-state index in [9.17, 15) is 4.79 Å². The predicted molar refractivity (Wildman–Crippen MR) is 47.0 cm³/mol. The SMILES string of the molecule is CCCCCC(N)(N)OC(C)=O. The Bertz CT molecular complexity index is 146. The van der Waals surface area contributed by atoms with Crippen molar-refractivity contribution in [3.05, 3.63) is 0 Å². The molecule has 0 atom stereocenters. The summed E-state index contributed by atoms with van der Waals surface area (Å²) in [4.78, 5) is 10.5. The summed E-state index contributed by atoms with van der Waals surface area (Å²) in [6.07, 6.45) is 3.55. The summed E-state index contributed by atoms with van der Waals surface area (Å²) in [6.45, 7) is 3.38. The second-order valence-corrected chi connectivity index (χ2v) is 3.01. The molecule has 0 amide bonds. The van der Waals surface area contributed by atoms with Gasteiger partial charge in [-0.3, -0.25) is 16.3 Å². The molecule has 0 fully saturated rings. The third-order valence-electron chi connectivity index (χ3n) is 1.50. The first-order valence-electron chi connectivity index (χ1n) is 4.25. The van der Waals surface area contributed by atoms with Crippen LogP contribution < -0.4 is 11.5 Å². The highest BCUT2D eigenvalue weighted by atomic mass is 16.6. The summed E-state index contributed by atoms with van der Waals surface area (Å²) >= 11 is 0. The normalized spacial score (nSPS) is 11.3. The third-order valence-corrected chi connectivity index (χ3v) is 1.50. The number of hydrogen-bond acceptors (Lipinski definition) is 4.